The molecule has 2 aliphatic carbocycles. The van der Waals surface area contributed by atoms with Crippen molar-refractivity contribution in [2.45, 2.75) is 51.4 Å². The van der Waals surface area contributed by atoms with Crippen LogP contribution in [-0.2, 0) is 30.8 Å². The topological polar surface area (TPSA) is 0 Å². The van der Waals surface area contributed by atoms with E-state index in [1.165, 1.54) is 38.5 Å². The van der Waals surface area contributed by atoms with Crippen LogP contribution in [0, 0.1) is 11.6 Å². The Bertz CT molecular complexity index is 1520. The fraction of sp³-hybridized carbons (Fsp3) is 0.216. The first-order valence-electron chi connectivity index (χ1n) is 13.7. The van der Waals surface area contributed by atoms with E-state index >= 15 is 0 Å². The van der Waals surface area contributed by atoms with Crippen LogP contribution in [0.2, 0.25) is 0 Å². The van der Waals surface area contributed by atoms with E-state index in [0.717, 1.165) is 34.4 Å². The van der Waals surface area contributed by atoms with E-state index < -0.39 is 0 Å². The first-order chi connectivity index (χ1) is 19.2. The Balaban J connectivity index is 0.000000164. The van der Waals surface area contributed by atoms with E-state index in [4.69, 9.17) is 0 Å². The van der Waals surface area contributed by atoms with Gasteiger partial charge in [0.15, 0.2) is 0 Å². The van der Waals surface area contributed by atoms with Crippen molar-refractivity contribution in [2.24, 2.45) is 0 Å². The van der Waals surface area contributed by atoms with Gasteiger partial charge in [-0.1, -0.05) is 63.1 Å². The van der Waals surface area contributed by atoms with E-state index in [1.54, 1.807) is 0 Å². The van der Waals surface area contributed by atoms with Crippen molar-refractivity contribution in [3.05, 3.63) is 141 Å². The molecule has 2 atom stereocenters. The molecule has 0 radical (unpaired) electrons. The number of hydrogen-bond acceptors (Lipinski definition) is 0. The zero-order chi connectivity index (χ0) is 28.8. The minimum absolute atomic E-state index is 0.194. The number of fused-ring (bicyclic) bond motifs is 2. The number of rotatable bonds is 4. The van der Waals surface area contributed by atoms with Gasteiger partial charge in [-0.25, -0.2) is 8.78 Å². The molecular formula is C37H34F2Ti. The summed E-state index contributed by atoms with van der Waals surface area (Å²) in [6.07, 6.45) is 13.4. The van der Waals surface area contributed by atoms with Crippen LogP contribution in [0.1, 0.15) is 51.7 Å². The molecule has 0 heterocycles. The predicted octanol–water partition coefficient (Wildman–Crippen LogP) is 6.00. The molecule has 200 valence electrons. The summed E-state index contributed by atoms with van der Waals surface area (Å²) in [5.41, 5.74) is 1.78. The van der Waals surface area contributed by atoms with Crippen molar-refractivity contribution in [1.82, 2.24) is 0 Å². The van der Waals surface area contributed by atoms with Crippen LogP contribution < -0.4 is 20.9 Å². The summed E-state index contributed by atoms with van der Waals surface area (Å²) < 4.78 is 27.5. The summed E-state index contributed by atoms with van der Waals surface area (Å²) in [6.45, 7) is 8.44. The standard InChI is InChI=1S/2C17H14F.C3H6.Ti/c2*1-2-17(15-7-9-16(18)10-8-15)11-13-5-3-4-6-14(13)12-17;1-3-2;/h2*3-11H,2H2,1H3;1-2H3;/q2*-1;;+2. The summed E-state index contributed by atoms with van der Waals surface area (Å²) in [5.74, 6) is -0.388. The molecule has 2 aliphatic rings. The van der Waals surface area contributed by atoms with Crippen molar-refractivity contribution < 1.29 is 28.8 Å². The summed E-state index contributed by atoms with van der Waals surface area (Å²) in [7, 11) is 0. The molecule has 0 aromatic heterocycles. The zero-order valence-electron chi connectivity index (χ0n) is 23.6. The third-order valence-electron chi connectivity index (χ3n) is 7.27. The summed E-state index contributed by atoms with van der Waals surface area (Å²) >= 11 is 2.08. The first-order valence-corrected chi connectivity index (χ1v) is 14.5. The van der Waals surface area contributed by atoms with Crippen LogP contribution in [0.5, 0.6) is 0 Å². The molecule has 0 aliphatic heterocycles. The Morgan fingerprint density at radius 1 is 0.600 bits per heavy atom. The molecule has 0 spiro atoms. The molecule has 2 unspecified atom stereocenters. The van der Waals surface area contributed by atoms with Gasteiger partial charge in [-0.3, -0.25) is 0 Å². The Kier molecular flexibility index (Phi) is 9.66. The molecule has 6 rings (SSSR count). The average Bonchev–Trinajstić information content (AvgIpc) is 3.54. The van der Waals surface area contributed by atoms with E-state index in [0.29, 0.717) is 0 Å². The third-order valence-corrected chi connectivity index (χ3v) is 7.27. The van der Waals surface area contributed by atoms with Gasteiger partial charge in [0.2, 0.25) is 0 Å². The quantitative estimate of drug-likeness (QED) is 0.211. The number of hydrogen-bond donors (Lipinski definition) is 0. The summed E-state index contributed by atoms with van der Waals surface area (Å²) in [5, 5.41) is 4.71. The van der Waals surface area contributed by atoms with Crippen molar-refractivity contribution >= 4 is 28.1 Å². The van der Waals surface area contributed by atoms with Crippen molar-refractivity contribution in [3.63, 3.8) is 0 Å². The van der Waals surface area contributed by atoms with Gasteiger partial charge in [0.05, 0.1) is 0 Å². The minimum atomic E-state index is -0.211. The average molecular weight is 565 g/mol. The predicted molar refractivity (Wildman–Crippen MR) is 160 cm³/mol. The van der Waals surface area contributed by atoms with Gasteiger partial charge < -0.3 is 0 Å². The maximum atomic E-state index is 13.0. The Labute approximate surface area is 248 Å². The molecule has 4 aromatic rings. The molecule has 0 fully saturated rings. The van der Waals surface area contributed by atoms with Crippen LogP contribution in [0.3, 0.4) is 0 Å². The normalized spacial score (nSPS) is 19.6. The maximum absolute atomic E-state index is 13.0. The van der Waals surface area contributed by atoms with Crippen molar-refractivity contribution in [1.29, 1.82) is 0 Å². The van der Waals surface area contributed by atoms with Gasteiger partial charge in [-0.2, -0.15) is 34.7 Å². The Morgan fingerprint density at radius 3 is 1.23 bits per heavy atom. The van der Waals surface area contributed by atoms with Crippen LogP contribution in [0.4, 0.5) is 8.78 Å². The van der Waals surface area contributed by atoms with Crippen molar-refractivity contribution in [2.75, 3.05) is 0 Å². The Morgan fingerprint density at radius 2 is 0.925 bits per heavy atom. The second kappa shape index (κ2) is 13.0. The molecule has 0 amide bonds. The summed E-state index contributed by atoms with van der Waals surface area (Å²) in [6, 6.07) is 30.0. The van der Waals surface area contributed by atoms with Crippen LogP contribution >= 0.6 is 0 Å². The van der Waals surface area contributed by atoms with E-state index in [-0.39, 0.29) is 22.5 Å². The van der Waals surface area contributed by atoms with E-state index in [9.17, 15) is 8.78 Å². The molecule has 0 saturated heterocycles. The van der Waals surface area contributed by atoms with Crippen LogP contribution in [0.25, 0.3) is 24.3 Å². The van der Waals surface area contributed by atoms with Gasteiger partial charge >= 0.3 is 37.6 Å². The van der Waals surface area contributed by atoms with Crippen LogP contribution in [0.15, 0.2) is 97.1 Å². The van der Waals surface area contributed by atoms with Crippen LogP contribution in [-0.4, -0.2) is 3.81 Å². The van der Waals surface area contributed by atoms with Gasteiger partial charge in [0.1, 0.15) is 11.6 Å². The molecular weight excluding hydrogens is 530 g/mol. The van der Waals surface area contributed by atoms with Crippen molar-refractivity contribution in [3.8, 4) is 0 Å². The van der Waals surface area contributed by atoms with Gasteiger partial charge in [0.25, 0.3) is 0 Å². The number of halogens is 2. The Hall–Kier alpha value is -3.20. The van der Waals surface area contributed by atoms with Gasteiger partial charge in [-0.05, 0) is 46.2 Å². The van der Waals surface area contributed by atoms with E-state index in [2.05, 4.69) is 96.2 Å². The van der Waals surface area contributed by atoms with Gasteiger partial charge in [0, 0.05) is 0 Å². The zero-order valence-corrected chi connectivity index (χ0v) is 25.1. The third kappa shape index (κ3) is 6.74. The van der Waals surface area contributed by atoms with Gasteiger partial charge in [-0.15, -0.1) is 46.9 Å². The molecule has 4 aromatic carbocycles. The molecule has 0 saturated carbocycles. The van der Waals surface area contributed by atoms with E-state index in [1.807, 2.05) is 48.5 Å². The fourth-order valence-corrected chi connectivity index (χ4v) is 5.15. The molecule has 3 heteroatoms. The molecule has 0 N–H and O–H groups in total. The first kappa shape index (κ1) is 29.8. The SMILES string of the molecule is CCC1(c2ccc(F)cc2)[C-]=c2ccccc2=C1.CCC1(c2ccc(F)cc2)[C-]=c2ccccc2=C1.C[C](C)=[Ti+2]. The monoisotopic (exact) mass is 564 g/mol. The molecule has 0 bridgehead atoms. The molecule has 40 heavy (non-hydrogen) atoms. The second-order valence-corrected chi connectivity index (χ2v) is 11.9. The fourth-order valence-electron chi connectivity index (χ4n) is 5.15. The molecule has 0 nitrogen and oxygen atoms in total. The number of benzene rings is 4. The second-order valence-electron chi connectivity index (χ2n) is 10.4. The summed E-state index contributed by atoms with van der Waals surface area (Å²) in [4.78, 5) is 0.